The van der Waals surface area contributed by atoms with Gasteiger partial charge in [0.25, 0.3) is 5.91 Å². The third-order valence-electron chi connectivity index (χ3n) is 3.07. The molecule has 0 saturated heterocycles. The van der Waals surface area contributed by atoms with E-state index in [4.69, 9.17) is 4.74 Å². The SMILES string of the molecule is COC(=O)c1cccc(NC(=O)C(C)Oc2ccc(O)cc2)c1. The Morgan fingerprint density at radius 3 is 2.48 bits per heavy atom. The lowest BCUT2D eigenvalue weighted by molar-refractivity contribution is -0.122. The number of phenolic OH excluding ortho intramolecular Hbond substituents is 1. The molecule has 6 heteroatoms. The molecular formula is C17H17NO5. The molecule has 2 rings (SSSR count). The van der Waals surface area contributed by atoms with E-state index in [0.29, 0.717) is 17.0 Å². The van der Waals surface area contributed by atoms with Crippen LogP contribution in [0, 0.1) is 0 Å². The monoisotopic (exact) mass is 315 g/mol. The summed E-state index contributed by atoms with van der Waals surface area (Å²) in [6, 6.07) is 12.5. The zero-order chi connectivity index (χ0) is 16.8. The molecule has 1 atom stereocenters. The van der Waals surface area contributed by atoms with Gasteiger partial charge < -0.3 is 19.9 Å². The first-order valence-electron chi connectivity index (χ1n) is 6.94. The van der Waals surface area contributed by atoms with Gasteiger partial charge >= 0.3 is 5.97 Å². The summed E-state index contributed by atoms with van der Waals surface area (Å²) in [6.45, 7) is 1.60. The number of methoxy groups -OCH3 is 1. The van der Waals surface area contributed by atoms with Crippen molar-refractivity contribution in [2.75, 3.05) is 12.4 Å². The van der Waals surface area contributed by atoms with Gasteiger partial charge in [0, 0.05) is 5.69 Å². The standard InChI is InChI=1S/C17H17NO5/c1-11(23-15-8-6-14(19)7-9-15)16(20)18-13-5-3-4-12(10-13)17(21)22-2/h3-11,19H,1-2H3,(H,18,20). The van der Waals surface area contributed by atoms with E-state index in [-0.39, 0.29) is 11.7 Å². The van der Waals surface area contributed by atoms with Crippen LogP contribution in [0.3, 0.4) is 0 Å². The van der Waals surface area contributed by atoms with Gasteiger partial charge in [-0.25, -0.2) is 4.79 Å². The molecule has 1 unspecified atom stereocenters. The molecule has 0 heterocycles. The highest BCUT2D eigenvalue weighted by Gasteiger charge is 2.15. The van der Waals surface area contributed by atoms with Crippen LogP contribution < -0.4 is 10.1 Å². The largest absolute Gasteiger partial charge is 0.508 e. The fraction of sp³-hybridized carbons (Fsp3) is 0.176. The van der Waals surface area contributed by atoms with Crippen molar-refractivity contribution in [1.29, 1.82) is 0 Å². The summed E-state index contributed by atoms with van der Waals surface area (Å²) in [5, 5.41) is 11.9. The third kappa shape index (κ3) is 4.47. The molecule has 2 aromatic carbocycles. The van der Waals surface area contributed by atoms with Gasteiger partial charge in [0.15, 0.2) is 6.10 Å². The Bertz CT molecular complexity index is 696. The Hall–Kier alpha value is -3.02. The normalized spacial score (nSPS) is 11.4. The van der Waals surface area contributed by atoms with Gasteiger partial charge in [0.1, 0.15) is 11.5 Å². The topological polar surface area (TPSA) is 84.9 Å². The first kappa shape index (κ1) is 16.4. The number of ether oxygens (including phenoxy) is 2. The number of carbonyl (C=O) groups excluding carboxylic acids is 2. The molecule has 0 aliphatic carbocycles. The first-order valence-corrected chi connectivity index (χ1v) is 6.94. The van der Waals surface area contributed by atoms with Gasteiger partial charge in [-0.2, -0.15) is 0 Å². The zero-order valence-electron chi connectivity index (χ0n) is 12.8. The lowest BCUT2D eigenvalue weighted by Crippen LogP contribution is -2.30. The molecule has 2 aromatic rings. The van der Waals surface area contributed by atoms with Gasteiger partial charge in [0.05, 0.1) is 12.7 Å². The van der Waals surface area contributed by atoms with E-state index in [1.807, 2.05) is 0 Å². The van der Waals surface area contributed by atoms with Crippen molar-refractivity contribution in [3.05, 3.63) is 54.1 Å². The van der Waals surface area contributed by atoms with Crippen molar-refractivity contribution < 1.29 is 24.2 Å². The van der Waals surface area contributed by atoms with E-state index in [2.05, 4.69) is 10.1 Å². The van der Waals surface area contributed by atoms with Crippen LogP contribution in [0.5, 0.6) is 11.5 Å². The second-order valence-corrected chi connectivity index (χ2v) is 4.82. The fourth-order valence-electron chi connectivity index (χ4n) is 1.87. The molecule has 0 aliphatic heterocycles. The quantitative estimate of drug-likeness (QED) is 0.828. The van der Waals surface area contributed by atoms with Crippen molar-refractivity contribution in [3.8, 4) is 11.5 Å². The average molecular weight is 315 g/mol. The summed E-state index contributed by atoms with van der Waals surface area (Å²) in [5.41, 5.74) is 0.816. The summed E-state index contributed by atoms with van der Waals surface area (Å²) in [6.07, 6.45) is -0.749. The molecule has 0 aromatic heterocycles. The number of carbonyl (C=O) groups is 2. The minimum Gasteiger partial charge on any atom is -0.508 e. The molecule has 6 nitrogen and oxygen atoms in total. The predicted molar refractivity (Wildman–Crippen MR) is 84.6 cm³/mol. The number of rotatable bonds is 5. The lowest BCUT2D eigenvalue weighted by atomic mass is 10.2. The fourth-order valence-corrected chi connectivity index (χ4v) is 1.87. The van der Waals surface area contributed by atoms with Crippen LogP contribution in [0.1, 0.15) is 17.3 Å². The summed E-state index contributed by atoms with van der Waals surface area (Å²) in [7, 11) is 1.29. The number of benzene rings is 2. The Kier molecular flexibility index (Phi) is 5.19. The van der Waals surface area contributed by atoms with Gasteiger partial charge in [-0.3, -0.25) is 4.79 Å². The van der Waals surface area contributed by atoms with Gasteiger partial charge in [-0.05, 0) is 49.4 Å². The highest BCUT2D eigenvalue weighted by molar-refractivity contribution is 5.96. The Balaban J connectivity index is 2.00. The molecule has 0 fully saturated rings. The van der Waals surface area contributed by atoms with Crippen LogP contribution in [0.15, 0.2) is 48.5 Å². The van der Waals surface area contributed by atoms with E-state index >= 15 is 0 Å². The number of anilines is 1. The average Bonchev–Trinajstić information content (AvgIpc) is 2.56. The number of hydrogen-bond acceptors (Lipinski definition) is 5. The minimum absolute atomic E-state index is 0.120. The predicted octanol–water partition coefficient (Wildman–Crippen LogP) is 2.58. The molecule has 0 bridgehead atoms. The second kappa shape index (κ2) is 7.31. The van der Waals surface area contributed by atoms with Crippen LogP contribution in [0.4, 0.5) is 5.69 Å². The first-order chi connectivity index (χ1) is 11.0. The number of esters is 1. The van der Waals surface area contributed by atoms with Gasteiger partial charge in [-0.1, -0.05) is 6.07 Å². The molecule has 23 heavy (non-hydrogen) atoms. The molecule has 2 N–H and O–H groups in total. The van der Waals surface area contributed by atoms with Crippen molar-refractivity contribution in [3.63, 3.8) is 0 Å². The van der Waals surface area contributed by atoms with E-state index in [0.717, 1.165) is 0 Å². The second-order valence-electron chi connectivity index (χ2n) is 4.82. The van der Waals surface area contributed by atoms with E-state index in [1.54, 1.807) is 37.3 Å². The molecule has 120 valence electrons. The smallest absolute Gasteiger partial charge is 0.337 e. The number of hydrogen-bond donors (Lipinski definition) is 2. The van der Waals surface area contributed by atoms with Gasteiger partial charge in [-0.15, -0.1) is 0 Å². The van der Waals surface area contributed by atoms with E-state index in [1.165, 1.54) is 25.3 Å². The molecular weight excluding hydrogens is 298 g/mol. The maximum atomic E-state index is 12.1. The minimum atomic E-state index is -0.749. The highest BCUT2D eigenvalue weighted by atomic mass is 16.5. The molecule has 0 spiro atoms. The number of aromatic hydroxyl groups is 1. The molecule has 0 radical (unpaired) electrons. The summed E-state index contributed by atoms with van der Waals surface area (Å²) in [5.74, 6) is -0.252. The maximum Gasteiger partial charge on any atom is 0.337 e. The van der Waals surface area contributed by atoms with Crippen LogP contribution >= 0.6 is 0 Å². The van der Waals surface area contributed by atoms with Crippen molar-refractivity contribution in [2.24, 2.45) is 0 Å². The number of phenols is 1. The number of amides is 1. The van der Waals surface area contributed by atoms with Crippen LogP contribution in [0.25, 0.3) is 0 Å². The maximum absolute atomic E-state index is 12.1. The Morgan fingerprint density at radius 1 is 1.13 bits per heavy atom. The molecule has 0 saturated carbocycles. The highest BCUT2D eigenvalue weighted by Crippen LogP contribution is 2.18. The van der Waals surface area contributed by atoms with Crippen molar-refractivity contribution in [2.45, 2.75) is 13.0 Å². The summed E-state index contributed by atoms with van der Waals surface area (Å²) in [4.78, 5) is 23.6. The van der Waals surface area contributed by atoms with Crippen LogP contribution in [-0.4, -0.2) is 30.2 Å². The number of nitrogens with one attached hydrogen (secondary N) is 1. The van der Waals surface area contributed by atoms with Crippen LogP contribution in [-0.2, 0) is 9.53 Å². The lowest BCUT2D eigenvalue weighted by Gasteiger charge is -2.15. The van der Waals surface area contributed by atoms with E-state index in [9.17, 15) is 14.7 Å². The van der Waals surface area contributed by atoms with Crippen LogP contribution in [0.2, 0.25) is 0 Å². The molecule has 0 aliphatic rings. The van der Waals surface area contributed by atoms with Crippen molar-refractivity contribution >= 4 is 17.6 Å². The molecule has 1 amide bonds. The zero-order valence-corrected chi connectivity index (χ0v) is 12.8. The van der Waals surface area contributed by atoms with E-state index < -0.39 is 12.1 Å². The van der Waals surface area contributed by atoms with Gasteiger partial charge in [0.2, 0.25) is 0 Å². The third-order valence-corrected chi connectivity index (χ3v) is 3.07. The Labute approximate surface area is 133 Å². The Morgan fingerprint density at radius 2 is 1.83 bits per heavy atom. The summed E-state index contributed by atoms with van der Waals surface area (Å²) >= 11 is 0. The van der Waals surface area contributed by atoms with Crippen molar-refractivity contribution in [1.82, 2.24) is 0 Å². The summed E-state index contributed by atoms with van der Waals surface area (Å²) < 4.78 is 10.1.